The van der Waals surface area contributed by atoms with Gasteiger partial charge in [0.15, 0.2) is 11.5 Å². The van der Waals surface area contributed by atoms with Gasteiger partial charge in [0, 0.05) is 82.5 Å². The third-order valence-corrected chi connectivity index (χ3v) is 10.8. The second kappa shape index (κ2) is 15.8. The van der Waals surface area contributed by atoms with E-state index in [0.29, 0.717) is 58.6 Å². The van der Waals surface area contributed by atoms with Crippen molar-refractivity contribution in [2.75, 3.05) is 65.5 Å². The third kappa shape index (κ3) is 7.43. The molecular formula is C40H46N6O8. The van der Waals surface area contributed by atoms with Crippen LogP contribution in [0.5, 0.6) is 23.0 Å². The number of piperidine rings is 2. The number of carbonyl (C=O) groups is 3. The summed E-state index contributed by atoms with van der Waals surface area (Å²) in [7, 11) is 6.47. The number of rotatable bonds is 10. The zero-order valence-electron chi connectivity index (χ0n) is 31.1. The molecule has 5 heterocycles. The first kappa shape index (κ1) is 36.7. The Labute approximate surface area is 313 Å². The van der Waals surface area contributed by atoms with Crippen molar-refractivity contribution in [1.82, 2.24) is 24.7 Å². The van der Waals surface area contributed by atoms with Crippen molar-refractivity contribution in [3.8, 4) is 34.1 Å². The van der Waals surface area contributed by atoms with Crippen LogP contribution in [0.15, 0.2) is 59.8 Å². The first-order valence-electron chi connectivity index (χ1n) is 18.3. The van der Waals surface area contributed by atoms with E-state index in [1.165, 1.54) is 12.0 Å². The fourth-order valence-electron chi connectivity index (χ4n) is 7.76. The summed E-state index contributed by atoms with van der Waals surface area (Å²) >= 11 is 0. The summed E-state index contributed by atoms with van der Waals surface area (Å²) < 4.78 is 25.3. The van der Waals surface area contributed by atoms with Gasteiger partial charge in [0.05, 0.1) is 32.4 Å². The third-order valence-electron chi connectivity index (χ3n) is 10.8. The van der Waals surface area contributed by atoms with E-state index in [9.17, 15) is 19.2 Å². The number of ether oxygens (including phenoxy) is 4. The molecule has 3 aliphatic rings. The predicted octanol–water partition coefficient (Wildman–Crippen LogP) is 4.47. The molecule has 2 aromatic carbocycles. The van der Waals surface area contributed by atoms with Crippen molar-refractivity contribution in [2.45, 2.75) is 38.2 Å². The van der Waals surface area contributed by atoms with Crippen molar-refractivity contribution in [3.05, 3.63) is 70.9 Å². The smallest absolute Gasteiger partial charge is 0.328 e. The Balaban J connectivity index is 0.942. The highest BCUT2D eigenvalue weighted by Crippen LogP contribution is 2.44. The molecule has 14 nitrogen and oxygen atoms in total. The Morgan fingerprint density at radius 3 is 2.22 bits per heavy atom. The molecule has 14 heteroatoms. The van der Waals surface area contributed by atoms with E-state index in [-0.39, 0.29) is 36.4 Å². The van der Waals surface area contributed by atoms with Gasteiger partial charge in [0.1, 0.15) is 11.9 Å². The number of aromatic nitrogens is 2. The van der Waals surface area contributed by atoms with Gasteiger partial charge in [0.2, 0.25) is 11.7 Å². The summed E-state index contributed by atoms with van der Waals surface area (Å²) in [5.74, 6) is 2.22. The zero-order valence-corrected chi connectivity index (χ0v) is 31.1. The van der Waals surface area contributed by atoms with Crippen LogP contribution in [0.1, 0.15) is 42.5 Å². The van der Waals surface area contributed by atoms with Gasteiger partial charge in [-0.15, -0.1) is 0 Å². The fourth-order valence-corrected chi connectivity index (χ4v) is 7.76. The number of aryl methyl sites for hydroxylation is 1. The molecule has 0 bridgehead atoms. The van der Waals surface area contributed by atoms with E-state index in [1.54, 1.807) is 56.4 Å². The summed E-state index contributed by atoms with van der Waals surface area (Å²) in [6, 6.07) is 10.3. The molecule has 0 atom stereocenters. The lowest BCUT2D eigenvalue weighted by Crippen LogP contribution is -2.49. The number of benzene rings is 2. The van der Waals surface area contributed by atoms with E-state index in [0.717, 1.165) is 61.8 Å². The van der Waals surface area contributed by atoms with E-state index in [2.05, 4.69) is 15.2 Å². The second-order valence-corrected chi connectivity index (χ2v) is 14.1. The van der Waals surface area contributed by atoms with Crippen molar-refractivity contribution < 1.29 is 33.3 Å². The van der Waals surface area contributed by atoms with Crippen LogP contribution in [0, 0.1) is 5.92 Å². The van der Waals surface area contributed by atoms with Gasteiger partial charge in [-0.25, -0.2) is 4.79 Å². The fraction of sp³-hybridized carbons (Fsp3) is 0.425. The van der Waals surface area contributed by atoms with Crippen molar-refractivity contribution in [1.29, 1.82) is 0 Å². The maximum Gasteiger partial charge on any atom is 0.328 e. The summed E-state index contributed by atoms with van der Waals surface area (Å²) in [5, 5.41) is 3.67. The van der Waals surface area contributed by atoms with Crippen LogP contribution in [0.2, 0.25) is 0 Å². The quantitative estimate of drug-likeness (QED) is 0.248. The van der Waals surface area contributed by atoms with Crippen molar-refractivity contribution in [2.24, 2.45) is 13.0 Å². The number of likely N-dealkylation sites (tertiary alicyclic amines) is 2. The van der Waals surface area contributed by atoms with Crippen LogP contribution in [0.4, 0.5) is 10.5 Å². The SMILES string of the molecule is COc1ccc(C(=O)N2CCC(CN3CCC(Oc4c(OC)cc(-c5cn(C)c(=O)c6cnccc56)cc4OC)CC3)CC2)cc1N1CCC(=O)NC1=O. The molecule has 4 aromatic rings. The number of fused-ring (bicyclic) bond motifs is 1. The van der Waals surface area contributed by atoms with Gasteiger partial charge >= 0.3 is 6.03 Å². The topological polar surface area (TPSA) is 145 Å². The lowest BCUT2D eigenvalue weighted by Gasteiger charge is -2.38. The Kier molecular flexibility index (Phi) is 10.7. The molecule has 0 spiro atoms. The molecular weight excluding hydrogens is 692 g/mol. The van der Waals surface area contributed by atoms with Crippen LogP contribution in [-0.4, -0.2) is 104 Å². The number of hydrogen-bond acceptors (Lipinski definition) is 10. The number of nitrogens with zero attached hydrogens (tertiary/aromatic N) is 5. The molecule has 284 valence electrons. The van der Waals surface area contributed by atoms with E-state index in [4.69, 9.17) is 18.9 Å². The van der Waals surface area contributed by atoms with Crippen LogP contribution in [-0.2, 0) is 11.8 Å². The maximum atomic E-state index is 13.6. The number of anilines is 1. The second-order valence-electron chi connectivity index (χ2n) is 14.1. The molecule has 2 aromatic heterocycles. The maximum absolute atomic E-state index is 13.6. The molecule has 0 radical (unpaired) electrons. The number of amides is 4. The van der Waals surface area contributed by atoms with Crippen LogP contribution in [0.25, 0.3) is 21.9 Å². The number of pyridine rings is 2. The number of imide groups is 1. The summed E-state index contributed by atoms with van der Waals surface area (Å²) in [4.78, 5) is 60.5. The first-order valence-corrected chi connectivity index (χ1v) is 18.3. The summed E-state index contributed by atoms with van der Waals surface area (Å²) in [5.41, 5.74) is 2.54. The molecule has 7 rings (SSSR count). The normalized spacial score (nSPS) is 17.4. The highest BCUT2D eigenvalue weighted by Gasteiger charge is 2.31. The number of methoxy groups -OCH3 is 3. The molecule has 3 aliphatic heterocycles. The van der Waals surface area contributed by atoms with Crippen LogP contribution < -0.4 is 34.7 Å². The molecule has 0 aliphatic carbocycles. The lowest BCUT2D eigenvalue weighted by atomic mass is 9.94. The Hall–Kier alpha value is -5.63. The van der Waals surface area contributed by atoms with Gasteiger partial charge < -0.3 is 33.3 Å². The Morgan fingerprint density at radius 2 is 1.56 bits per heavy atom. The molecule has 3 saturated heterocycles. The minimum atomic E-state index is -0.523. The van der Waals surface area contributed by atoms with Gasteiger partial charge in [-0.3, -0.25) is 29.6 Å². The Morgan fingerprint density at radius 1 is 0.852 bits per heavy atom. The van der Waals surface area contributed by atoms with Gasteiger partial charge in [0.25, 0.3) is 11.5 Å². The standard InChI is InChI=1S/C40H46N6O8/c1-43-24-31(29-7-13-41-22-30(29)39(43)49)27-20-34(52-3)37(35(21-27)53-4)54-28-10-14-44(15-11-28)23-25-8-16-45(17-9-25)38(48)26-5-6-33(51-2)32(19-26)46-18-12-36(47)42-40(46)50/h5-7,13,19-22,24-25,28H,8-12,14-18,23H2,1-4H3,(H,42,47,50). The van der Waals surface area contributed by atoms with E-state index >= 15 is 0 Å². The molecule has 1 N–H and O–H groups in total. The van der Waals surface area contributed by atoms with Crippen molar-refractivity contribution in [3.63, 3.8) is 0 Å². The monoisotopic (exact) mass is 738 g/mol. The minimum Gasteiger partial charge on any atom is -0.495 e. The minimum absolute atomic E-state index is 0.00953. The van der Waals surface area contributed by atoms with Gasteiger partial charge in [-0.05, 0) is 78.9 Å². The highest BCUT2D eigenvalue weighted by molar-refractivity contribution is 6.07. The van der Waals surface area contributed by atoms with Gasteiger partial charge in [-0.1, -0.05) is 0 Å². The first-order chi connectivity index (χ1) is 26.2. The van der Waals surface area contributed by atoms with E-state index < -0.39 is 6.03 Å². The predicted molar refractivity (Wildman–Crippen MR) is 203 cm³/mol. The molecule has 4 amide bonds. The van der Waals surface area contributed by atoms with E-state index in [1.807, 2.05) is 29.3 Å². The summed E-state index contributed by atoms with van der Waals surface area (Å²) in [6.45, 7) is 4.30. The number of hydrogen-bond donors (Lipinski definition) is 1. The highest BCUT2D eigenvalue weighted by atomic mass is 16.5. The molecule has 3 fully saturated rings. The average Bonchev–Trinajstić information content (AvgIpc) is 3.20. The number of urea groups is 1. The number of carbonyl (C=O) groups excluding carboxylic acids is 3. The lowest BCUT2D eigenvalue weighted by molar-refractivity contribution is -0.120. The largest absolute Gasteiger partial charge is 0.495 e. The van der Waals surface area contributed by atoms with Gasteiger partial charge in [-0.2, -0.15) is 0 Å². The molecule has 54 heavy (non-hydrogen) atoms. The average molecular weight is 739 g/mol. The van der Waals surface area contributed by atoms with Crippen molar-refractivity contribution >= 4 is 34.3 Å². The van der Waals surface area contributed by atoms with Crippen LogP contribution in [0.3, 0.4) is 0 Å². The Bertz CT molecular complexity index is 2090. The summed E-state index contributed by atoms with van der Waals surface area (Å²) in [6.07, 6.45) is 8.78. The van der Waals surface area contributed by atoms with Crippen LogP contribution >= 0.6 is 0 Å². The number of nitrogens with one attached hydrogen (secondary N) is 1. The zero-order chi connectivity index (χ0) is 37.9. The molecule has 0 saturated carbocycles. The molecule has 0 unspecified atom stereocenters.